The fraction of sp³-hybridized carbons (Fsp3) is 0.0357. The van der Waals surface area contributed by atoms with Gasteiger partial charge in [-0.2, -0.15) is 0 Å². The van der Waals surface area contributed by atoms with E-state index >= 15 is 0 Å². The normalized spacial score (nSPS) is 13.2. The van der Waals surface area contributed by atoms with Crippen molar-refractivity contribution in [2.75, 3.05) is 4.90 Å². The second-order valence-electron chi connectivity index (χ2n) is 15.6. The lowest BCUT2D eigenvalue weighted by molar-refractivity contribution is 0.768. The first-order valence-electron chi connectivity index (χ1n) is 20.1. The third-order valence-corrected chi connectivity index (χ3v) is 13.7. The molecule has 1 heterocycles. The Balaban J connectivity index is 1.10. The lowest BCUT2D eigenvalue weighted by Gasteiger charge is -2.35. The first kappa shape index (κ1) is 33.2. The van der Waals surface area contributed by atoms with E-state index in [0.717, 1.165) is 23.5 Å². The highest BCUT2D eigenvalue weighted by Crippen LogP contribution is 2.57. The van der Waals surface area contributed by atoms with E-state index in [4.69, 9.17) is 0 Å². The molecule has 12 rings (SSSR count). The van der Waals surface area contributed by atoms with Gasteiger partial charge in [0.2, 0.25) is 0 Å². The molecular formula is C56H37NS. The van der Waals surface area contributed by atoms with Crippen LogP contribution >= 0.6 is 11.3 Å². The summed E-state index contributed by atoms with van der Waals surface area (Å²) in [5.41, 5.74) is 18.6. The van der Waals surface area contributed by atoms with Crippen molar-refractivity contribution in [3.05, 3.63) is 246 Å². The lowest BCUT2D eigenvalue weighted by atomic mass is 9.67. The van der Waals surface area contributed by atoms with Crippen LogP contribution in [0.2, 0.25) is 0 Å². The van der Waals surface area contributed by atoms with Crippen molar-refractivity contribution < 1.29 is 0 Å². The first-order valence-corrected chi connectivity index (χ1v) is 20.9. The topological polar surface area (TPSA) is 3.24 Å². The molecular weight excluding hydrogens is 719 g/mol. The highest BCUT2D eigenvalue weighted by atomic mass is 32.1. The lowest BCUT2D eigenvalue weighted by Crippen LogP contribution is -2.28. The third kappa shape index (κ3) is 4.89. The van der Waals surface area contributed by atoms with Crippen molar-refractivity contribution in [1.29, 1.82) is 0 Å². The van der Waals surface area contributed by atoms with Crippen molar-refractivity contribution in [3.8, 4) is 33.4 Å². The predicted octanol–water partition coefficient (Wildman–Crippen LogP) is 15.1. The van der Waals surface area contributed by atoms with Crippen molar-refractivity contribution in [2.45, 2.75) is 11.8 Å². The van der Waals surface area contributed by atoms with E-state index in [-0.39, 0.29) is 0 Å². The van der Waals surface area contributed by atoms with Crippen molar-refractivity contribution in [3.63, 3.8) is 0 Å². The van der Waals surface area contributed by atoms with Crippen LogP contribution in [0.25, 0.3) is 53.6 Å². The Hall–Kier alpha value is -7.00. The van der Waals surface area contributed by atoms with Gasteiger partial charge in [0, 0.05) is 37.2 Å². The summed E-state index contributed by atoms with van der Waals surface area (Å²) in [4.78, 5) is 2.49. The van der Waals surface area contributed by atoms with Crippen LogP contribution in [0.5, 0.6) is 0 Å². The van der Waals surface area contributed by atoms with Crippen molar-refractivity contribution in [2.24, 2.45) is 0 Å². The summed E-state index contributed by atoms with van der Waals surface area (Å²) in [5, 5.41) is 2.61. The zero-order valence-electron chi connectivity index (χ0n) is 31.8. The minimum atomic E-state index is -0.493. The maximum Gasteiger partial charge on any atom is 0.0714 e. The molecule has 0 saturated carbocycles. The molecule has 2 aliphatic carbocycles. The standard InChI is InChI=1S/C56H37NS/c1-3-15-37(16-4-1)45-25-13-17-39-33-38-29-30-43(35-50(38)55(39)45)57(44-31-32-49-48-24-9-12-28-53(48)58-54(49)36-44)42-21-14-20-41(34-42)56(40-18-5-2-6-19-40)51-26-10-7-22-46(51)47-23-8-11-27-52(47)56/h1-32,34-36H,33H2. The molecule has 0 N–H and O–H groups in total. The molecule has 9 aromatic carbocycles. The zero-order valence-corrected chi connectivity index (χ0v) is 32.6. The quantitative estimate of drug-likeness (QED) is 0.163. The maximum atomic E-state index is 2.49. The molecule has 0 spiro atoms. The van der Waals surface area contributed by atoms with Crippen molar-refractivity contribution >= 4 is 48.6 Å². The highest BCUT2D eigenvalue weighted by Gasteiger charge is 2.46. The monoisotopic (exact) mass is 755 g/mol. The van der Waals surface area contributed by atoms with Crippen LogP contribution in [-0.2, 0) is 11.8 Å². The Labute approximate surface area is 342 Å². The Bertz CT molecular complexity index is 3170. The van der Waals surface area contributed by atoms with Crippen LogP contribution in [0.4, 0.5) is 17.1 Å². The van der Waals surface area contributed by atoms with E-state index in [0.29, 0.717) is 0 Å². The highest BCUT2D eigenvalue weighted by molar-refractivity contribution is 7.25. The molecule has 0 unspecified atom stereocenters. The van der Waals surface area contributed by atoms with Gasteiger partial charge in [0.25, 0.3) is 0 Å². The number of hydrogen-bond donors (Lipinski definition) is 0. The Kier molecular flexibility index (Phi) is 7.45. The minimum Gasteiger partial charge on any atom is -0.310 e. The van der Waals surface area contributed by atoms with Crippen LogP contribution in [0, 0.1) is 0 Å². The summed E-state index contributed by atoms with van der Waals surface area (Å²) in [6.07, 6.45) is 0.938. The molecule has 0 radical (unpaired) electrons. The van der Waals surface area contributed by atoms with Gasteiger partial charge >= 0.3 is 0 Å². The molecule has 0 aliphatic heterocycles. The largest absolute Gasteiger partial charge is 0.310 e. The number of benzene rings is 9. The number of thiophene rings is 1. The molecule has 1 aromatic heterocycles. The molecule has 1 nitrogen and oxygen atoms in total. The fourth-order valence-corrected chi connectivity index (χ4v) is 11.2. The zero-order chi connectivity index (χ0) is 38.2. The van der Waals surface area contributed by atoms with E-state index in [1.165, 1.54) is 86.9 Å². The van der Waals surface area contributed by atoms with Gasteiger partial charge in [-0.1, -0.05) is 170 Å². The first-order chi connectivity index (χ1) is 28.8. The van der Waals surface area contributed by atoms with Crippen molar-refractivity contribution in [1.82, 2.24) is 0 Å². The second-order valence-corrected chi connectivity index (χ2v) is 16.7. The smallest absolute Gasteiger partial charge is 0.0714 e. The average Bonchev–Trinajstić information content (AvgIpc) is 3.95. The molecule has 10 aromatic rings. The SMILES string of the molecule is c1ccc(-c2cccc3c2-c2cc(N(c4cccc(C5(c6ccccc6)c6ccccc6-c6ccccc65)c4)c4ccc5c(c4)sc4ccccc45)ccc2C3)cc1. The third-order valence-electron chi connectivity index (χ3n) is 12.6. The summed E-state index contributed by atoms with van der Waals surface area (Å²) < 4.78 is 2.60. The van der Waals surface area contributed by atoms with Gasteiger partial charge in [-0.15, -0.1) is 11.3 Å². The summed E-state index contributed by atoms with van der Waals surface area (Å²) >= 11 is 1.87. The van der Waals surface area contributed by atoms with Crippen LogP contribution in [0.1, 0.15) is 33.4 Å². The van der Waals surface area contributed by atoms with E-state index in [1.54, 1.807) is 0 Å². The summed E-state index contributed by atoms with van der Waals surface area (Å²) in [6, 6.07) is 79.1. The summed E-state index contributed by atoms with van der Waals surface area (Å²) in [6.45, 7) is 0. The number of hydrogen-bond acceptors (Lipinski definition) is 2. The number of nitrogens with zero attached hydrogens (tertiary/aromatic N) is 1. The van der Waals surface area contributed by atoms with Crippen LogP contribution in [0.15, 0.2) is 212 Å². The van der Waals surface area contributed by atoms with E-state index < -0.39 is 5.41 Å². The molecule has 0 atom stereocenters. The number of rotatable bonds is 6. The Morgan fingerprint density at radius 3 is 1.79 bits per heavy atom. The van der Waals surface area contributed by atoms with Gasteiger partial charge in [0.05, 0.1) is 5.41 Å². The molecule has 0 bridgehead atoms. The number of fused-ring (bicyclic) bond motifs is 9. The van der Waals surface area contributed by atoms with Crippen LogP contribution in [0.3, 0.4) is 0 Å². The average molecular weight is 756 g/mol. The fourth-order valence-electron chi connectivity index (χ4n) is 10.1. The summed E-state index contributed by atoms with van der Waals surface area (Å²) in [5.74, 6) is 0. The predicted molar refractivity (Wildman–Crippen MR) is 245 cm³/mol. The van der Waals surface area contributed by atoms with Crippen LogP contribution < -0.4 is 4.90 Å². The molecule has 0 saturated heterocycles. The minimum absolute atomic E-state index is 0.493. The van der Waals surface area contributed by atoms with Gasteiger partial charge < -0.3 is 4.90 Å². The summed E-state index contributed by atoms with van der Waals surface area (Å²) in [7, 11) is 0. The van der Waals surface area contributed by atoms with Gasteiger partial charge in [-0.3, -0.25) is 0 Å². The Morgan fingerprint density at radius 1 is 0.379 bits per heavy atom. The molecule has 0 fully saturated rings. The maximum absolute atomic E-state index is 2.49. The molecule has 0 amide bonds. The Morgan fingerprint density at radius 2 is 0.983 bits per heavy atom. The molecule has 2 heteroatoms. The van der Waals surface area contributed by atoms with Gasteiger partial charge in [0.15, 0.2) is 0 Å². The molecule has 2 aliphatic rings. The number of anilines is 3. The van der Waals surface area contributed by atoms with E-state index in [2.05, 4.69) is 217 Å². The molecule has 272 valence electrons. The second kappa shape index (κ2) is 13.0. The van der Waals surface area contributed by atoms with Gasteiger partial charge in [-0.25, -0.2) is 0 Å². The van der Waals surface area contributed by atoms with Gasteiger partial charge in [0.1, 0.15) is 0 Å². The van der Waals surface area contributed by atoms with Crippen LogP contribution in [-0.4, -0.2) is 0 Å². The van der Waals surface area contributed by atoms with Gasteiger partial charge in [-0.05, 0) is 116 Å². The van der Waals surface area contributed by atoms with E-state index in [9.17, 15) is 0 Å². The molecule has 58 heavy (non-hydrogen) atoms. The van der Waals surface area contributed by atoms with E-state index in [1.807, 2.05) is 11.3 Å².